The Morgan fingerprint density at radius 3 is 2.71 bits per heavy atom. The lowest BCUT2D eigenvalue weighted by atomic mass is 9.96. The normalized spacial score (nSPS) is 16.3. The zero-order valence-electron chi connectivity index (χ0n) is 11.7. The molecule has 0 saturated heterocycles. The quantitative estimate of drug-likeness (QED) is 0.812. The van der Waals surface area contributed by atoms with Crippen molar-refractivity contribution >= 4 is 5.97 Å². The van der Waals surface area contributed by atoms with Crippen molar-refractivity contribution in [2.24, 2.45) is 0 Å². The van der Waals surface area contributed by atoms with Crippen LogP contribution in [0.5, 0.6) is 0 Å². The molecule has 110 valence electrons. The Hall–Kier alpha value is -2.24. The zero-order valence-corrected chi connectivity index (χ0v) is 11.7. The first-order chi connectivity index (χ1) is 10.2. The summed E-state index contributed by atoms with van der Waals surface area (Å²) in [7, 11) is 0. The van der Waals surface area contributed by atoms with Gasteiger partial charge in [0.05, 0.1) is 6.04 Å². The van der Waals surface area contributed by atoms with Crippen LogP contribution in [0.4, 0.5) is 4.39 Å². The molecule has 1 aliphatic rings. The summed E-state index contributed by atoms with van der Waals surface area (Å²) in [4.78, 5) is 12.1. The van der Waals surface area contributed by atoms with Crippen molar-refractivity contribution in [3.05, 3.63) is 47.5 Å². The second kappa shape index (κ2) is 5.63. The molecule has 3 rings (SSSR count). The number of hydrogen-bond donors (Lipinski definition) is 0. The van der Waals surface area contributed by atoms with Gasteiger partial charge in [0, 0.05) is 0 Å². The molecular formula is C15H16FN3O2. The maximum Gasteiger partial charge on any atom is 0.361 e. The molecule has 6 heteroatoms. The van der Waals surface area contributed by atoms with E-state index in [4.69, 9.17) is 4.74 Å². The van der Waals surface area contributed by atoms with Crippen LogP contribution in [-0.2, 0) is 4.74 Å². The summed E-state index contributed by atoms with van der Waals surface area (Å²) in [5.74, 6) is -1.58. The van der Waals surface area contributed by atoms with E-state index in [0.717, 1.165) is 24.8 Å². The number of benzene rings is 1. The lowest BCUT2D eigenvalue weighted by Gasteiger charge is -2.25. The fourth-order valence-electron chi connectivity index (χ4n) is 2.29. The Bertz CT molecular complexity index is 638. The summed E-state index contributed by atoms with van der Waals surface area (Å²) in [5, 5.41) is 7.14. The summed E-state index contributed by atoms with van der Waals surface area (Å²) < 4.78 is 20.4. The van der Waals surface area contributed by atoms with E-state index in [1.807, 2.05) is 37.3 Å². The number of ether oxygens (including phenoxy) is 1. The molecule has 1 aromatic carbocycles. The van der Waals surface area contributed by atoms with Crippen molar-refractivity contribution in [1.29, 1.82) is 0 Å². The fourth-order valence-corrected chi connectivity index (χ4v) is 2.29. The number of carbonyl (C=O) groups is 1. The fraction of sp³-hybridized carbons (Fsp3) is 0.400. The van der Waals surface area contributed by atoms with Gasteiger partial charge in [-0.05, 0) is 31.7 Å². The first-order valence-electron chi connectivity index (χ1n) is 7.03. The van der Waals surface area contributed by atoms with Gasteiger partial charge < -0.3 is 4.74 Å². The number of halogens is 1. The molecule has 1 aromatic heterocycles. The number of aromatic nitrogens is 3. The molecule has 5 nitrogen and oxygen atoms in total. The van der Waals surface area contributed by atoms with Crippen LogP contribution in [0.15, 0.2) is 30.3 Å². The molecule has 0 aliphatic heterocycles. The van der Waals surface area contributed by atoms with Gasteiger partial charge in [-0.2, -0.15) is 4.39 Å². The van der Waals surface area contributed by atoms with Crippen LogP contribution in [0, 0.1) is 5.95 Å². The lowest BCUT2D eigenvalue weighted by Crippen LogP contribution is -2.27. The average Bonchev–Trinajstić information content (AvgIpc) is 2.84. The van der Waals surface area contributed by atoms with E-state index in [-0.39, 0.29) is 17.8 Å². The molecule has 1 fully saturated rings. The summed E-state index contributed by atoms with van der Waals surface area (Å²) >= 11 is 0. The lowest BCUT2D eigenvalue weighted by molar-refractivity contribution is 0.00709. The van der Waals surface area contributed by atoms with Crippen molar-refractivity contribution in [3.63, 3.8) is 0 Å². The summed E-state index contributed by atoms with van der Waals surface area (Å²) in [5.41, 5.74) is 0.707. The number of nitrogens with zero attached hydrogens (tertiary/aromatic N) is 3. The molecule has 2 aromatic rings. The summed E-state index contributed by atoms with van der Waals surface area (Å²) in [6.07, 6.45) is 2.61. The van der Waals surface area contributed by atoms with E-state index in [1.54, 1.807) is 0 Å². The number of esters is 1. The Balaban J connectivity index is 1.87. The van der Waals surface area contributed by atoms with E-state index in [0.29, 0.717) is 0 Å². The van der Waals surface area contributed by atoms with Gasteiger partial charge in [-0.3, -0.25) is 0 Å². The highest BCUT2D eigenvalue weighted by molar-refractivity contribution is 5.87. The molecule has 1 saturated carbocycles. The Labute approximate surface area is 121 Å². The molecule has 21 heavy (non-hydrogen) atoms. The number of hydrogen-bond acceptors (Lipinski definition) is 4. The molecule has 0 N–H and O–H groups in total. The third kappa shape index (κ3) is 2.66. The zero-order chi connectivity index (χ0) is 14.8. The summed E-state index contributed by atoms with van der Waals surface area (Å²) in [6.45, 7) is 1.84. The standard InChI is InChI=1S/C15H16FN3O2/c1-10(11-6-3-2-4-7-11)19-13(14(16)17-18-19)15(20)21-12-8-5-9-12/h2-4,6-7,10,12H,5,8-9H2,1H3/t10-/m1/s1. The molecule has 0 radical (unpaired) electrons. The van der Waals surface area contributed by atoms with Crippen LogP contribution in [-0.4, -0.2) is 27.1 Å². The van der Waals surface area contributed by atoms with Crippen LogP contribution in [0.1, 0.15) is 48.3 Å². The molecular weight excluding hydrogens is 273 g/mol. The number of rotatable bonds is 4. The van der Waals surface area contributed by atoms with Crippen molar-refractivity contribution in [2.75, 3.05) is 0 Å². The van der Waals surface area contributed by atoms with Gasteiger partial charge in [0.15, 0.2) is 0 Å². The highest BCUT2D eigenvalue weighted by atomic mass is 19.1. The van der Waals surface area contributed by atoms with Crippen LogP contribution < -0.4 is 0 Å². The Morgan fingerprint density at radius 1 is 1.38 bits per heavy atom. The molecule has 1 atom stereocenters. The van der Waals surface area contributed by atoms with E-state index in [9.17, 15) is 9.18 Å². The second-order valence-electron chi connectivity index (χ2n) is 5.22. The predicted octanol–water partition coefficient (Wildman–Crippen LogP) is 2.74. The largest absolute Gasteiger partial charge is 0.458 e. The Kier molecular flexibility index (Phi) is 3.68. The van der Waals surface area contributed by atoms with Crippen molar-refractivity contribution in [2.45, 2.75) is 38.3 Å². The van der Waals surface area contributed by atoms with E-state index in [2.05, 4.69) is 10.3 Å². The van der Waals surface area contributed by atoms with Gasteiger partial charge >= 0.3 is 5.97 Å². The minimum Gasteiger partial charge on any atom is -0.458 e. The van der Waals surface area contributed by atoms with Crippen molar-refractivity contribution in [1.82, 2.24) is 15.0 Å². The second-order valence-corrected chi connectivity index (χ2v) is 5.22. The van der Waals surface area contributed by atoms with Crippen LogP contribution in [0.3, 0.4) is 0 Å². The smallest absolute Gasteiger partial charge is 0.361 e. The monoisotopic (exact) mass is 289 g/mol. The highest BCUT2D eigenvalue weighted by Crippen LogP contribution is 2.25. The highest BCUT2D eigenvalue weighted by Gasteiger charge is 2.29. The van der Waals surface area contributed by atoms with Crippen LogP contribution in [0.2, 0.25) is 0 Å². The SMILES string of the molecule is C[C@H](c1ccccc1)n1nnc(F)c1C(=O)OC1CCC1. The van der Waals surface area contributed by atoms with Gasteiger partial charge in [0.2, 0.25) is 5.69 Å². The first-order valence-corrected chi connectivity index (χ1v) is 7.03. The van der Waals surface area contributed by atoms with E-state index in [1.165, 1.54) is 4.68 Å². The van der Waals surface area contributed by atoms with Crippen LogP contribution in [0.25, 0.3) is 0 Å². The third-order valence-corrected chi connectivity index (χ3v) is 3.82. The predicted molar refractivity (Wildman–Crippen MR) is 73.3 cm³/mol. The van der Waals surface area contributed by atoms with Gasteiger partial charge in [-0.1, -0.05) is 40.6 Å². The van der Waals surface area contributed by atoms with Gasteiger partial charge in [-0.25, -0.2) is 9.48 Å². The average molecular weight is 289 g/mol. The maximum atomic E-state index is 13.8. The molecule has 0 amide bonds. The van der Waals surface area contributed by atoms with Crippen molar-refractivity contribution < 1.29 is 13.9 Å². The van der Waals surface area contributed by atoms with Gasteiger partial charge in [0.25, 0.3) is 5.95 Å². The van der Waals surface area contributed by atoms with Crippen LogP contribution >= 0.6 is 0 Å². The van der Waals surface area contributed by atoms with E-state index < -0.39 is 11.9 Å². The number of carbonyl (C=O) groups excluding carboxylic acids is 1. The summed E-state index contributed by atoms with van der Waals surface area (Å²) in [6, 6.07) is 9.14. The topological polar surface area (TPSA) is 57.0 Å². The maximum absolute atomic E-state index is 13.8. The minimum absolute atomic E-state index is 0.104. The van der Waals surface area contributed by atoms with Gasteiger partial charge in [-0.15, -0.1) is 0 Å². The van der Waals surface area contributed by atoms with E-state index >= 15 is 0 Å². The molecule has 1 heterocycles. The molecule has 0 spiro atoms. The molecule has 0 unspecified atom stereocenters. The molecule has 0 bridgehead atoms. The Morgan fingerprint density at radius 2 is 2.10 bits per heavy atom. The van der Waals surface area contributed by atoms with Crippen molar-refractivity contribution in [3.8, 4) is 0 Å². The first kappa shape index (κ1) is 13.7. The minimum atomic E-state index is -0.887. The molecule has 1 aliphatic carbocycles. The van der Waals surface area contributed by atoms with Gasteiger partial charge in [0.1, 0.15) is 6.10 Å². The third-order valence-electron chi connectivity index (χ3n) is 3.82.